The summed E-state index contributed by atoms with van der Waals surface area (Å²) in [6, 6.07) is 6.62. The van der Waals surface area contributed by atoms with Crippen molar-refractivity contribution in [3.63, 3.8) is 0 Å². The number of benzene rings is 1. The number of aromatic nitrogens is 2. The van der Waals surface area contributed by atoms with Gasteiger partial charge in [0.05, 0.1) is 4.92 Å². The topological polar surface area (TPSA) is 81.2 Å². The summed E-state index contributed by atoms with van der Waals surface area (Å²) in [5.41, 5.74) is 0.561. The van der Waals surface area contributed by atoms with Crippen molar-refractivity contribution < 1.29 is 10.0 Å². The molecule has 0 spiro atoms. The van der Waals surface area contributed by atoms with Gasteiger partial charge in [0.25, 0.3) is 0 Å². The van der Waals surface area contributed by atoms with Crippen LogP contribution < -0.4 is 0 Å². The van der Waals surface area contributed by atoms with Gasteiger partial charge in [0, 0.05) is 11.9 Å². The Bertz CT molecular complexity index is 640. The van der Waals surface area contributed by atoms with E-state index in [2.05, 4.69) is 5.10 Å². The van der Waals surface area contributed by atoms with Crippen LogP contribution in [-0.2, 0) is 13.5 Å². The van der Waals surface area contributed by atoms with E-state index < -0.39 is 0 Å². The first kappa shape index (κ1) is 14.4. The van der Waals surface area contributed by atoms with E-state index in [0.717, 1.165) is 11.3 Å². The van der Waals surface area contributed by atoms with Gasteiger partial charge in [-0.05, 0) is 24.6 Å². The van der Waals surface area contributed by atoms with Crippen LogP contribution in [0.5, 0.6) is 5.75 Å². The van der Waals surface area contributed by atoms with Gasteiger partial charge in [0.1, 0.15) is 11.4 Å². The third-order valence-electron chi connectivity index (χ3n) is 2.74. The fourth-order valence-corrected chi connectivity index (χ4v) is 2.92. The lowest BCUT2D eigenvalue weighted by Gasteiger charge is -2.02. The van der Waals surface area contributed by atoms with Crippen molar-refractivity contribution in [3.8, 4) is 5.75 Å². The molecule has 0 aliphatic carbocycles. The number of aromatic hydroxyl groups is 1. The summed E-state index contributed by atoms with van der Waals surface area (Å²) >= 11 is 1.23. The molecule has 0 saturated heterocycles. The minimum Gasteiger partial charge on any atom is -0.508 e. The summed E-state index contributed by atoms with van der Waals surface area (Å²) in [6.45, 7) is 1.96. The van der Waals surface area contributed by atoms with E-state index in [4.69, 9.17) is 0 Å². The molecule has 0 fully saturated rings. The molecule has 106 valence electrons. The van der Waals surface area contributed by atoms with Crippen LogP contribution in [0.15, 0.2) is 34.2 Å². The maximum absolute atomic E-state index is 11.3. The van der Waals surface area contributed by atoms with E-state index in [1.807, 2.05) is 6.92 Å². The monoisotopic (exact) mass is 293 g/mol. The Morgan fingerprint density at radius 2 is 2.25 bits per heavy atom. The lowest BCUT2D eigenvalue weighted by atomic mass is 10.2. The van der Waals surface area contributed by atoms with E-state index >= 15 is 0 Å². The van der Waals surface area contributed by atoms with Crippen molar-refractivity contribution in [2.75, 3.05) is 0 Å². The van der Waals surface area contributed by atoms with Crippen molar-refractivity contribution >= 4 is 17.4 Å². The molecule has 7 heteroatoms. The van der Waals surface area contributed by atoms with Gasteiger partial charge in [0.15, 0.2) is 5.03 Å². The maximum Gasteiger partial charge on any atom is 0.324 e. The molecule has 20 heavy (non-hydrogen) atoms. The zero-order chi connectivity index (χ0) is 14.7. The zero-order valence-corrected chi connectivity index (χ0v) is 12.1. The quantitative estimate of drug-likeness (QED) is 0.676. The van der Waals surface area contributed by atoms with Crippen molar-refractivity contribution in [1.29, 1.82) is 0 Å². The highest BCUT2D eigenvalue weighted by Crippen LogP contribution is 2.37. The molecule has 0 atom stereocenters. The largest absolute Gasteiger partial charge is 0.508 e. The van der Waals surface area contributed by atoms with E-state index in [1.165, 1.54) is 16.4 Å². The standard InChI is InChI=1S/C13H15N3O3S/c1-3-5-11-12(16(18)19)13(15(2)14-11)20-10-7-4-6-9(17)8-10/h4,6-8,17H,3,5H2,1-2H3. The molecule has 1 aromatic heterocycles. The molecule has 2 aromatic rings. The minimum atomic E-state index is -0.386. The second kappa shape index (κ2) is 5.96. The Morgan fingerprint density at radius 1 is 1.50 bits per heavy atom. The summed E-state index contributed by atoms with van der Waals surface area (Å²) < 4.78 is 1.53. The normalized spacial score (nSPS) is 10.7. The Kier molecular flexibility index (Phi) is 4.29. The van der Waals surface area contributed by atoms with E-state index in [1.54, 1.807) is 31.3 Å². The van der Waals surface area contributed by atoms with Crippen molar-refractivity contribution in [2.24, 2.45) is 7.05 Å². The van der Waals surface area contributed by atoms with Gasteiger partial charge in [0.2, 0.25) is 0 Å². The smallest absolute Gasteiger partial charge is 0.324 e. The third-order valence-corrected chi connectivity index (χ3v) is 3.88. The van der Waals surface area contributed by atoms with Gasteiger partial charge in [-0.15, -0.1) is 0 Å². The summed E-state index contributed by atoms with van der Waals surface area (Å²) in [6.07, 6.45) is 1.37. The molecule has 0 bridgehead atoms. The molecule has 1 heterocycles. The molecule has 0 aliphatic heterocycles. The van der Waals surface area contributed by atoms with Gasteiger partial charge in [-0.3, -0.25) is 14.8 Å². The van der Waals surface area contributed by atoms with Crippen LogP contribution in [-0.4, -0.2) is 19.8 Å². The fourth-order valence-electron chi connectivity index (χ4n) is 1.91. The molecular formula is C13H15N3O3S. The number of hydrogen-bond acceptors (Lipinski definition) is 5. The first-order chi connectivity index (χ1) is 9.52. The van der Waals surface area contributed by atoms with Crippen LogP contribution in [0.1, 0.15) is 19.0 Å². The lowest BCUT2D eigenvalue weighted by molar-refractivity contribution is -0.388. The van der Waals surface area contributed by atoms with E-state index in [0.29, 0.717) is 17.1 Å². The Balaban J connectivity index is 2.42. The minimum absolute atomic E-state index is 0.0580. The lowest BCUT2D eigenvalue weighted by Crippen LogP contribution is -1.94. The van der Waals surface area contributed by atoms with Crippen LogP contribution in [0, 0.1) is 10.1 Å². The summed E-state index contributed by atoms with van der Waals surface area (Å²) in [4.78, 5) is 11.6. The van der Waals surface area contributed by atoms with Gasteiger partial charge < -0.3 is 5.11 Å². The van der Waals surface area contributed by atoms with Crippen molar-refractivity contribution in [1.82, 2.24) is 9.78 Å². The average molecular weight is 293 g/mol. The maximum atomic E-state index is 11.3. The van der Waals surface area contributed by atoms with Crippen LogP contribution >= 0.6 is 11.8 Å². The van der Waals surface area contributed by atoms with E-state index in [9.17, 15) is 15.2 Å². The van der Waals surface area contributed by atoms with Crippen molar-refractivity contribution in [3.05, 3.63) is 40.1 Å². The third kappa shape index (κ3) is 2.93. The second-order valence-electron chi connectivity index (χ2n) is 4.33. The highest BCUT2D eigenvalue weighted by Gasteiger charge is 2.26. The molecule has 0 aliphatic rings. The SMILES string of the molecule is CCCc1nn(C)c(Sc2cccc(O)c2)c1[N+](=O)[O-]. The van der Waals surface area contributed by atoms with Crippen LogP contribution in [0.4, 0.5) is 5.69 Å². The predicted octanol–water partition coefficient (Wildman–Crippen LogP) is 3.14. The number of phenolic OH excluding ortho intramolecular Hbond substituents is 1. The Labute approximate surface area is 120 Å². The number of nitrogens with zero attached hydrogens (tertiary/aromatic N) is 3. The molecule has 2 rings (SSSR count). The molecule has 1 aromatic carbocycles. The molecular weight excluding hydrogens is 278 g/mol. The predicted molar refractivity (Wildman–Crippen MR) is 76.1 cm³/mol. The van der Waals surface area contributed by atoms with Gasteiger partial charge >= 0.3 is 5.69 Å². The molecule has 6 nitrogen and oxygen atoms in total. The van der Waals surface area contributed by atoms with E-state index in [-0.39, 0.29) is 16.4 Å². The Hall–Kier alpha value is -2.02. The number of phenols is 1. The Morgan fingerprint density at radius 3 is 2.85 bits per heavy atom. The summed E-state index contributed by atoms with van der Waals surface area (Å²) in [5.74, 6) is 0.133. The molecule has 0 unspecified atom stereocenters. The molecule has 0 saturated carbocycles. The molecule has 1 N–H and O–H groups in total. The highest BCUT2D eigenvalue weighted by atomic mass is 32.2. The summed E-state index contributed by atoms with van der Waals surface area (Å²) in [7, 11) is 1.69. The number of aryl methyl sites for hydroxylation is 2. The number of rotatable bonds is 5. The van der Waals surface area contributed by atoms with Crippen molar-refractivity contribution in [2.45, 2.75) is 29.7 Å². The summed E-state index contributed by atoms with van der Waals surface area (Å²) in [5, 5.41) is 25.4. The average Bonchev–Trinajstić information content (AvgIpc) is 2.66. The zero-order valence-electron chi connectivity index (χ0n) is 11.2. The van der Waals surface area contributed by atoms with Crippen LogP contribution in [0.3, 0.4) is 0 Å². The van der Waals surface area contributed by atoms with Gasteiger partial charge in [-0.1, -0.05) is 31.2 Å². The van der Waals surface area contributed by atoms with Crippen LogP contribution in [0.2, 0.25) is 0 Å². The van der Waals surface area contributed by atoms with Crippen LogP contribution in [0.25, 0.3) is 0 Å². The number of nitro groups is 1. The van der Waals surface area contributed by atoms with Gasteiger partial charge in [-0.2, -0.15) is 5.10 Å². The fraction of sp³-hybridized carbons (Fsp3) is 0.308. The number of hydrogen-bond donors (Lipinski definition) is 1. The molecule has 0 radical (unpaired) electrons. The van der Waals surface area contributed by atoms with Gasteiger partial charge in [-0.25, -0.2) is 0 Å². The first-order valence-electron chi connectivity index (χ1n) is 6.20. The molecule has 0 amide bonds. The highest BCUT2D eigenvalue weighted by molar-refractivity contribution is 7.99. The first-order valence-corrected chi connectivity index (χ1v) is 7.01. The second-order valence-corrected chi connectivity index (χ2v) is 5.39.